The van der Waals surface area contributed by atoms with E-state index in [1.807, 2.05) is 11.1 Å². The van der Waals surface area contributed by atoms with Crippen molar-refractivity contribution in [2.45, 2.75) is 45.8 Å². The smallest absolute Gasteiger partial charge is 0.318 e. The Labute approximate surface area is 141 Å². The van der Waals surface area contributed by atoms with Gasteiger partial charge in [-0.15, -0.1) is 11.3 Å². The van der Waals surface area contributed by atoms with Gasteiger partial charge in [0.1, 0.15) is 5.82 Å². The van der Waals surface area contributed by atoms with E-state index in [2.05, 4.69) is 46.2 Å². The van der Waals surface area contributed by atoms with E-state index < -0.39 is 0 Å². The summed E-state index contributed by atoms with van der Waals surface area (Å²) < 4.78 is 2.12. The van der Waals surface area contributed by atoms with Crippen molar-refractivity contribution in [3.8, 4) is 0 Å². The lowest BCUT2D eigenvalue weighted by Crippen LogP contribution is -2.39. The van der Waals surface area contributed by atoms with E-state index in [1.54, 1.807) is 17.5 Å². The Kier molecular flexibility index (Phi) is 5.00. The number of carbonyl (C=O) groups is 1. The first-order chi connectivity index (χ1) is 11.1. The van der Waals surface area contributed by atoms with Crippen LogP contribution in [0, 0.1) is 5.92 Å². The number of rotatable bonds is 5. The lowest BCUT2D eigenvalue weighted by atomic mass is 10.2. The lowest BCUT2D eigenvalue weighted by molar-refractivity contribution is 0.193. The molecule has 0 unspecified atom stereocenters. The molecule has 0 bridgehead atoms. The van der Waals surface area contributed by atoms with Crippen molar-refractivity contribution >= 4 is 17.4 Å². The highest BCUT2D eigenvalue weighted by Gasteiger charge is 2.30. The van der Waals surface area contributed by atoms with Crippen LogP contribution < -0.4 is 5.32 Å². The predicted octanol–water partition coefficient (Wildman–Crippen LogP) is 3.65. The summed E-state index contributed by atoms with van der Waals surface area (Å²) in [6, 6.07) is 4.42. The number of carbonyl (C=O) groups excluding carboxylic acids is 1. The Morgan fingerprint density at radius 2 is 2.39 bits per heavy atom. The first kappa shape index (κ1) is 16.1. The molecule has 1 fully saturated rings. The summed E-state index contributed by atoms with van der Waals surface area (Å²) in [5.41, 5.74) is 0. The largest absolute Gasteiger partial charge is 0.333 e. The average Bonchev–Trinajstić information content (AvgIpc) is 3.25. The van der Waals surface area contributed by atoms with Crippen molar-refractivity contribution in [1.29, 1.82) is 0 Å². The van der Waals surface area contributed by atoms with Gasteiger partial charge >= 0.3 is 6.03 Å². The van der Waals surface area contributed by atoms with Crippen LogP contribution >= 0.6 is 11.3 Å². The van der Waals surface area contributed by atoms with Crippen LogP contribution in [0.5, 0.6) is 0 Å². The van der Waals surface area contributed by atoms with Crippen molar-refractivity contribution in [2.24, 2.45) is 5.92 Å². The molecule has 1 atom stereocenters. The monoisotopic (exact) mass is 332 g/mol. The average molecular weight is 332 g/mol. The Bertz CT molecular complexity index is 635. The Balaban J connectivity index is 1.60. The third-order valence-electron chi connectivity index (χ3n) is 4.15. The molecule has 0 aromatic carbocycles. The van der Waals surface area contributed by atoms with E-state index in [-0.39, 0.29) is 12.1 Å². The van der Waals surface area contributed by atoms with Gasteiger partial charge in [0.2, 0.25) is 0 Å². The maximum atomic E-state index is 12.6. The molecule has 0 saturated carbocycles. The number of hydrogen-bond donors (Lipinski definition) is 1. The Morgan fingerprint density at radius 3 is 3.13 bits per heavy atom. The van der Waals surface area contributed by atoms with E-state index in [9.17, 15) is 4.79 Å². The number of likely N-dealkylation sites (tertiary alicyclic amines) is 1. The molecular weight excluding hydrogens is 308 g/mol. The molecule has 0 aliphatic carbocycles. The molecule has 1 saturated heterocycles. The van der Waals surface area contributed by atoms with E-state index in [0.717, 1.165) is 31.8 Å². The number of hydrogen-bond acceptors (Lipinski definition) is 3. The third kappa shape index (κ3) is 3.75. The van der Waals surface area contributed by atoms with Crippen molar-refractivity contribution in [2.75, 3.05) is 6.54 Å². The molecular formula is C17H24N4OS. The van der Waals surface area contributed by atoms with Gasteiger partial charge in [-0.05, 0) is 30.2 Å². The van der Waals surface area contributed by atoms with Crippen molar-refractivity contribution in [1.82, 2.24) is 19.8 Å². The van der Waals surface area contributed by atoms with Crippen LogP contribution in [0.15, 0.2) is 29.9 Å². The summed E-state index contributed by atoms with van der Waals surface area (Å²) in [7, 11) is 0. The van der Waals surface area contributed by atoms with Crippen molar-refractivity contribution in [3.63, 3.8) is 0 Å². The molecule has 2 aromatic heterocycles. The van der Waals surface area contributed by atoms with Gasteiger partial charge in [-0.2, -0.15) is 0 Å². The molecule has 2 aromatic rings. The fourth-order valence-electron chi connectivity index (χ4n) is 3.11. The molecule has 1 aliphatic rings. The molecule has 2 amide bonds. The van der Waals surface area contributed by atoms with Gasteiger partial charge in [-0.3, -0.25) is 0 Å². The SMILES string of the molecule is CC(C)Cn1ccnc1CNC(=O)N1CCC[C@H]1c1cccs1. The fraction of sp³-hybridized carbons (Fsp3) is 0.529. The summed E-state index contributed by atoms with van der Waals surface area (Å²) in [5, 5.41) is 5.12. The van der Waals surface area contributed by atoms with E-state index >= 15 is 0 Å². The molecule has 1 N–H and O–H groups in total. The number of aromatic nitrogens is 2. The predicted molar refractivity (Wildman–Crippen MR) is 92.3 cm³/mol. The highest BCUT2D eigenvalue weighted by Crippen LogP contribution is 2.34. The summed E-state index contributed by atoms with van der Waals surface area (Å²) in [6.45, 7) is 6.59. The van der Waals surface area contributed by atoms with Crippen LogP contribution in [0.2, 0.25) is 0 Å². The van der Waals surface area contributed by atoms with Crippen LogP contribution in [0.4, 0.5) is 4.79 Å². The minimum Gasteiger partial charge on any atom is -0.333 e. The minimum atomic E-state index is 0.0139. The standard InChI is InChI=1S/C17H24N4OS/c1-13(2)12-20-9-7-18-16(20)11-19-17(22)21-8-3-5-14(21)15-6-4-10-23-15/h4,6-7,9-10,13-14H,3,5,8,11-12H2,1-2H3,(H,19,22)/t14-/m0/s1. The highest BCUT2D eigenvalue weighted by molar-refractivity contribution is 7.10. The summed E-state index contributed by atoms with van der Waals surface area (Å²) in [5.74, 6) is 1.47. The summed E-state index contributed by atoms with van der Waals surface area (Å²) in [4.78, 5) is 20.2. The molecule has 5 nitrogen and oxygen atoms in total. The maximum absolute atomic E-state index is 12.6. The molecule has 0 radical (unpaired) electrons. The quantitative estimate of drug-likeness (QED) is 0.908. The second kappa shape index (κ2) is 7.17. The fourth-order valence-corrected chi connectivity index (χ4v) is 3.98. The van der Waals surface area contributed by atoms with Gasteiger partial charge in [0.25, 0.3) is 0 Å². The summed E-state index contributed by atoms with van der Waals surface area (Å²) >= 11 is 1.73. The number of nitrogens with zero attached hydrogens (tertiary/aromatic N) is 3. The van der Waals surface area contributed by atoms with Gasteiger partial charge in [-0.1, -0.05) is 19.9 Å². The van der Waals surface area contributed by atoms with Gasteiger partial charge in [0.05, 0.1) is 12.6 Å². The normalized spacial score (nSPS) is 17.9. The van der Waals surface area contributed by atoms with Gasteiger partial charge in [-0.25, -0.2) is 9.78 Å². The van der Waals surface area contributed by atoms with Crippen LogP contribution in [-0.4, -0.2) is 27.0 Å². The van der Waals surface area contributed by atoms with Crippen LogP contribution in [-0.2, 0) is 13.1 Å². The van der Waals surface area contributed by atoms with Crippen molar-refractivity contribution in [3.05, 3.63) is 40.6 Å². The van der Waals surface area contributed by atoms with Crippen LogP contribution in [0.1, 0.15) is 43.4 Å². The van der Waals surface area contributed by atoms with E-state index in [0.29, 0.717) is 12.5 Å². The van der Waals surface area contributed by atoms with Gasteiger partial charge in [0, 0.05) is 30.4 Å². The third-order valence-corrected chi connectivity index (χ3v) is 5.12. The zero-order valence-electron chi connectivity index (χ0n) is 13.7. The molecule has 1 aliphatic heterocycles. The number of imidazole rings is 1. The first-order valence-electron chi connectivity index (χ1n) is 8.23. The number of nitrogens with one attached hydrogen (secondary N) is 1. The van der Waals surface area contributed by atoms with Crippen LogP contribution in [0.3, 0.4) is 0 Å². The molecule has 3 rings (SSSR count). The number of amides is 2. The molecule has 0 spiro atoms. The second-order valence-electron chi connectivity index (χ2n) is 6.42. The second-order valence-corrected chi connectivity index (χ2v) is 7.39. The molecule has 23 heavy (non-hydrogen) atoms. The highest BCUT2D eigenvalue weighted by atomic mass is 32.1. The minimum absolute atomic E-state index is 0.0139. The van der Waals surface area contributed by atoms with Gasteiger partial charge in [0.15, 0.2) is 0 Å². The topological polar surface area (TPSA) is 50.2 Å². The zero-order valence-corrected chi connectivity index (χ0v) is 14.6. The van der Waals surface area contributed by atoms with Crippen LogP contribution in [0.25, 0.3) is 0 Å². The van der Waals surface area contributed by atoms with Crippen molar-refractivity contribution < 1.29 is 4.79 Å². The Morgan fingerprint density at radius 1 is 1.52 bits per heavy atom. The maximum Gasteiger partial charge on any atom is 0.318 e. The zero-order chi connectivity index (χ0) is 16.2. The van der Waals surface area contributed by atoms with E-state index in [1.165, 1.54) is 4.88 Å². The van der Waals surface area contributed by atoms with E-state index in [4.69, 9.17) is 0 Å². The number of urea groups is 1. The number of thiophene rings is 1. The Hall–Kier alpha value is -1.82. The first-order valence-corrected chi connectivity index (χ1v) is 9.11. The molecule has 3 heterocycles. The van der Waals surface area contributed by atoms with Gasteiger partial charge < -0.3 is 14.8 Å². The summed E-state index contributed by atoms with van der Waals surface area (Å²) in [6.07, 6.45) is 5.90. The lowest BCUT2D eigenvalue weighted by Gasteiger charge is -2.24. The molecule has 6 heteroatoms. The molecule has 124 valence electrons.